The Balaban J connectivity index is 3.87. The van der Waals surface area contributed by atoms with Gasteiger partial charge in [0, 0.05) is 6.42 Å². The van der Waals surface area contributed by atoms with E-state index in [4.69, 9.17) is 5.11 Å². The quantitative estimate of drug-likeness (QED) is 0.221. The van der Waals surface area contributed by atoms with Gasteiger partial charge in [0.25, 0.3) is 0 Å². The van der Waals surface area contributed by atoms with Gasteiger partial charge in [-0.2, -0.15) is 0 Å². The molecule has 156 valence electrons. The highest BCUT2D eigenvalue weighted by Gasteiger charge is 2.33. The monoisotopic (exact) mass is 377 g/mol. The van der Waals surface area contributed by atoms with E-state index in [0.717, 1.165) is 19.3 Å². The summed E-state index contributed by atoms with van der Waals surface area (Å²) in [5.74, 6) is -0.219. The van der Waals surface area contributed by atoms with Gasteiger partial charge in [-0.3, -0.25) is 4.79 Å². The molecule has 0 aliphatic carbocycles. The van der Waals surface area contributed by atoms with Crippen LogP contribution in [0.25, 0.3) is 0 Å². The first kappa shape index (κ1) is 25.3. The largest absolute Gasteiger partial charge is 0.394 e. The number of carbonyl (C=O) groups excluding carboxylic acids is 1. The zero-order valence-electron chi connectivity index (χ0n) is 16.3. The molecule has 1 amide bonds. The first-order valence-corrected chi connectivity index (χ1v) is 9.97. The number of nitrogens with one attached hydrogen (secondary N) is 1. The Labute approximate surface area is 157 Å². The molecule has 0 rings (SSSR count). The summed E-state index contributed by atoms with van der Waals surface area (Å²) < 4.78 is 0. The molecule has 0 aliphatic heterocycles. The number of amides is 1. The third-order valence-electron chi connectivity index (χ3n) is 4.69. The van der Waals surface area contributed by atoms with E-state index in [2.05, 4.69) is 12.2 Å². The summed E-state index contributed by atoms with van der Waals surface area (Å²) in [5.41, 5.74) is 0. The minimum Gasteiger partial charge on any atom is -0.394 e. The van der Waals surface area contributed by atoms with E-state index in [1.807, 2.05) is 0 Å². The van der Waals surface area contributed by atoms with Crippen molar-refractivity contribution in [3.05, 3.63) is 0 Å². The Kier molecular flexibility index (Phi) is 14.9. The van der Waals surface area contributed by atoms with E-state index in [9.17, 15) is 25.2 Å². The van der Waals surface area contributed by atoms with Crippen LogP contribution < -0.4 is 5.32 Å². The van der Waals surface area contributed by atoms with Gasteiger partial charge in [0.2, 0.25) is 5.91 Å². The highest BCUT2D eigenvalue weighted by atomic mass is 16.4. The van der Waals surface area contributed by atoms with Crippen molar-refractivity contribution in [3.8, 4) is 0 Å². The molecule has 0 aromatic heterocycles. The molecule has 0 saturated carbocycles. The molecule has 0 saturated heterocycles. The number of aliphatic hydroxyl groups excluding tert-OH is 5. The summed E-state index contributed by atoms with van der Waals surface area (Å²) in [7, 11) is 0. The molecular weight excluding hydrogens is 338 g/mol. The van der Waals surface area contributed by atoms with Crippen molar-refractivity contribution in [2.24, 2.45) is 0 Å². The minimum atomic E-state index is -1.69. The summed E-state index contributed by atoms with van der Waals surface area (Å²) in [6, 6.07) is -0.781. The fraction of sp³-hybridized carbons (Fsp3) is 0.947. The van der Waals surface area contributed by atoms with Crippen molar-refractivity contribution < 1.29 is 30.3 Å². The molecule has 7 nitrogen and oxygen atoms in total. The second-order valence-electron chi connectivity index (χ2n) is 7.16. The summed E-state index contributed by atoms with van der Waals surface area (Å²) in [5, 5.41) is 50.0. The molecule has 5 atom stereocenters. The molecule has 0 aliphatic rings. The minimum absolute atomic E-state index is 0.219. The topological polar surface area (TPSA) is 130 Å². The maximum Gasteiger partial charge on any atom is 0.220 e. The van der Waals surface area contributed by atoms with Gasteiger partial charge in [-0.05, 0) is 13.3 Å². The van der Waals surface area contributed by atoms with Crippen molar-refractivity contribution in [1.82, 2.24) is 5.32 Å². The number of hydrogen-bond acceptors (Lipinski definition) is 6. The van der Waals surface area contributed by atoms with Gasteiger partial charge >= 0.3 is 0 Å². The second kappa shape index (κ2) is 15.3. The molecule has 0 radical (unpaired) electrons. The Bertz CT molecular complexity index is 355. The number of aliphatic hydroxyl groups is 5. The molecule has 1 unspecified atom stereocenters. The predicted molar refractivity (Wildman–Crippen MR) is 101 cm³/mol. The lowest BCUT2D eigenvalue weighted by Crippen LogP contribution is -2.53. The average Bonchev–Trinajstić information content (AvgIpc) is 2.63. The highest BCUT2D eigenvalue weighted by Crippen LogP contribution is 2.11. The van der Waals surface area contributed by atoms with Crippen LogP contribution in [-0.4, -0.2) is 68.5 Å². The zero-order valence-corrected chi connectivity index (χ0v) is 16.3. The van der Waals surface area contributed by atoms with Crippen LogP contribution in [0.3, 0.4) is 0 Å². The molecule has 0 aromatic rings. The Morgan fingerprint density at radius 2 is 1.31 bits per heavy atom. The molecule has 0 spiro atoms. The van der Waals surface area contributed by atoms with Gasteiger partial charge in [0.05, 0.1) is 12.6 Å². The molecule has 0 aromatic carbocycles. The first-order valence-electron chi connectivity index (χ1n) is 9.97. The fourth-order valence-electron chi connectivity index (χ4n) is 2.84. The maximum atomic E-state index is 11.9. The van der Waals surface area contributed by atoms with Crippen LogP contribution in [0.1, 0.15) is 78.1 Å². The second-order valence-corrected chi connectivity index (χ2v) is 7.16. The summed E-state index contributed by atoms with van der Waals surface area (Å²) in [4.78, 5) is 11.9. The number of unbranched alkanes of at least 4 members (excludes halogenated alkanes) is 8. The maximum absolute atomic E-state index is 11.9. The smallest absolute Gasteiger partial charge is 0.220 e. The zero-order chi connectivity index (χ0) is 19.9. The van der Waals surface area contributed by atoms with Crippen molar-refractivity contribution in [3.63, 3.8) is 0 Å². The van der Waals surface area contributed by atoms with Gasteiger partial charge in [-0.25, -0.2) is 0 Å². The molecule has 0 bridgehead atoms. The average molecular weight is 378 g/mol. The lowest BCUT2D eigenvalue weighted by Gasteiger charge is -2.29. The molecule has 0 heterocycles. The van der Waals surface area contributed by atoms with Crippen molar-refractivity contribution in [2.75, 3.05) is 6.61 Å². The van der Waals surface area contributed by atoms with Crippen LogP contribution in [0.4, 0.5) is 0 Å². The van der Waals surface area contributed by atoms with Gasteiger partial charge in [-0.1, -0.05) is 58.3 Å². The predicted octanol–water partition coefficient (Wildman–Crippen LogP) is 0.848. The number of carbonyl (C=O) groups is 1. The van der Waals surface area contributed by atoms with Crippen LogP contribution >= 0.6 is 0 Å². The molecule has 0 fully saturated rings. The van der Waals surface area contributed by atoms with Gasteiger partial charge in [0.1, 0.15) is 24.4 Å². The van der Waals surface area contributed by atoms with Crippen molar-refractivity contribution in [1.29, 1.82) is 0 Å². The molecular formula is C19H39NO6. The van der Waals surface area contributed by atoms with Crippen molar-refractivity contribution in [2.45, 2.75) is 109 Å². The van der Waals surface area contributed by atoms with E-state index >= 15 is 0 Å². The van der Waals surface area contributed by atoms with E-state index in [0.29, 0.717) is 6.42 Å². The Hall–Kier alpha value is -0.730. The van der Waals surface area contributed by atoms with Crippen LogP contribution in [0, 0.1) is 0 Å². The third kappa shape index (κ3) is 11.1. The standard InChI is InChI=1S/C19H39NO6/c1-3-4-5-6-7-8-9-10-11-12-16(23)20-14(2)17(24)19(26)18(25)15(22)13-21/h14-15,17-19,21-22,24-26H,3-13H2,1-2H3,(H,20,23)/t14?,15-,17+,18-,19-/m1/s1. The first-order chi connectivity index (χ1) is 12.3. The number of rotatable bonds is 16. The van der Waals surface area contributed by atoms with E-state index < -0.39 is 37.1 Å². The third-order valence-corrected chi connectivity index (χ3v) is 4.69. The van der Waals surface area contributed by atoms with E-state index in [1.54, 1.807) is 0 Å². The van der Waals surface area contributed by atoms with E-state index in [1.165, 1.54) is 45.4 Å². The molecule has 7 heteroatoms. The summed E-state index contributed by atoms with van der Waals surface area (Å²) >= 11 is 0. The molecule has 6 N–H and O–H groups in total. The Morgan fingerprint density at radius 3 is 1.81 bits per heavy atom. The van der Waals surface area contributed by atoms with Crippen LogP contribution in [0.2, 0.25) is 0 Å². The van der Waals surface area contributed by atoms with Crippen molar-refractivity contribution >= 4 is 5.91 Å². The van der Waals surface area contributed by atoms with Crippen LogP contribution in [0.5, 0.6) is 0 Å². The lowest BCUT2D eigenvalue weighted by molar-refractivity contribution is -0.130. The highest BCUT2D eigenvalue weighted by molar-refractivity contribution is 5.76. The Morgan fingerprint density at radius 1 is 0.808 bits per heavy atom. The van der Waals surface area contributed by atoms with E-state index in [-0.39, 0.29) is 5.91 Å². The van der Waals surface area contributed by atoms with Gasteiger partial charge in [-0.15, -0.1) is 0 Å². The summed E-state index contributed by atoms with van der Waals surface area (Å²) in [6.07, 6.45) is 4.45. The lowest BCUT2D eigenvalue weighted by atomic mass is 9.98. The molecule has 26 heavy (non-hydrogen) atoms. The normalized spacial score (nSPS) is 17.3. The summed E-state index contributed by atoms with van der Waals surface area (Å²) in [6.45, 7) is 2.98. The van der Waals surface area contributed by atoms with Gasteiger partial charge < -0.3 is 30.8 Å². The fourth-order valence-corrected chi connectivity index (χ4v) is 2.84. The van der Waals surface area contributed by atoms with Gasteiger partial charge in [0.15, 0.2) is 0 Å². The van der Waals surface area contributed by atoms with Crippen LogP contribution in [-0.2, 0) is 4.79 Å². The van der Waals surface area contributed by atoms with Crippen LogP contribution in [0.15, 0.2) is 0 Å². The SMILES string of the molecule is CCCCCCCCCCCC(=O)NC(C)[C@H](O)[C@@H](O)[C@H](O)[C@H](O)CO. The number of hydrogen-bond donors (Lipinski definition) is 6.